The normalized spacial score (nSPS) is 17.6. The Kier molecular flexibility index (Phi) is 5.91. The Bertz CT molecular complexity index is 1220. The zero-order valence-electron chi connectivity index (χ0n) is 17.0. The number of halogens is 1. The van der Waals surface area contributed by atoms with Gasteiger partial charge in [-0.25, -0.2) is 12.8 Å². The molecule has 3 aromatic rings. The lowest BCUT2D eigenvalue weighted by atomic mass is 9.99. The van der Waals surface area contributed by atoms with Crippen LogP contribution in [0.25, 0.3) is 10.7 Å². The number of rotatable bonds is 5. The Morgan fingerprint density at radius 2 is 2.13 bits per heavy atom. The molecule has 3 heterocycles. The topological polar surface area (TPSA) is 105 Å². The predicted molar refractivity (Wildman–Crippen MR) is 114 cm³/mol. The van der Waals surface area contributed by atoms with E-state index in [1.807, 2.05) is 0 Å². The molecule has 0 bridgehead atoms. The van der Waals surface area contributed by atoms with Crippen molar-refractivity contribution < 1.29 is 22.1 Å². The number of amides is 1. The van der Waals surface area contributed by atoms with Crippen LogP contribution in [0.4, 0.5) is 10.1 Å². The molecule has 1 saturated heterocycles. The van der Waals surface area contributed by atoms with E-state index < -0.39 is 21.8 Å². The van der Waals surface area contributed by atoms with E-state index in [1.165, 1.54) is 33.8 Å². The van der Waals surface area contributed by atoms with Crippen LogP contribution in [0.3, 0.4) is 0 Å². The van der Waals surface area contributed by atoms with Crippen molar-refractivity contribution in [3.63, 3.8) is 0 Å². The first kappa shape index (κ1) is 21.6. The van der Waals surface area contributed by atoms with Crippen LogP contribution in [0.5, 0.6) is 0 Å². The highest BCUT2D eigenvalue weighted by Crippen LogP contribution is 2.35. The lowest BCUT2D eigenvalue weighted by Crippen LogP contribution is -2.43. The lowest BCUT2D eigenvalue weighted by Gasteiger charge is -2.31. The van der Waals surface area contributed by atoms with Crippen LogP contribution >= 0.6 is 11.3 Å². The number of carbonyl (C=O) groups excluding carboxylic acids is 1. The molecule has 2 aromatic heterocycles. The van der Waals surface area contributed by atoms with Crippen LogP contribution in [-0.2, 0) is 14.8 Å². The van der Waals surface area contributed by atoms with E-state index in [-0.39, 0.29) is 17.3 Å². The molecular formula is C20H21FN4O4S2. The zero-order chi connectivity index (χ0) is 22.2. The van der Waals surface area contributed by atoms with Gasteiger partial charge in [-0.3, -0.25) is 4.79 Å². The van der Waals surface area contributed by atoms with Gasteiger partial charge in [0.05, 0.1) is 15.7 Å². The first-order valence-electron chi connectivity index (χ1n) is 9.72. The molecule has 4 rings (SSSR count). The number of hydrogen-bond donors (Lipinski definition) is 1. The van der Waals surface area contributed by atoms with E-state index in [2.05, 4.69) is 15.5 Å². The van der Waals surface area contributed by atoms with Gasteiger partial charge in [0.25, 0.3) is 0 Å². The minimum Gasteiger partial charge on any atom is -0.339 e. The summed E-state index contributed by atoms with van der Waals surface area (Å²) in [7, 11) is -3.80. The van der Waals surface area contributed by atoms with Gasteiger partial charge in [-0.1, -0.05) is 11.2 Å². The van der Waals surface area contributed by atoms with Crippen molar-refractivity contribution in [1.82, 2.24) is 14.4 Å². The number of benzene rings is 1. The smallest absolute Gasteiger partial charge is 0.244 e. The van der Waals surface area contributed by atoms with Crippen LogP contribution in [-0.4, -0.2) is 41.9 Å². The Hall–Kier alpha value is -2.63. The van der Waals surface area contributed by atoms with Gasteiger partial charge in [-0.15, -0.1) is 11.3 Å². The minimum atomic E-state index is -3.80. The maximum Gasteiger partial charge on any atom is 0.244 e. The van der Waals surface area contributed by atoms with Gasteiger partial charge >= 0.3 is 0 Å². The molecule has 1 unspecified atom stereocenters. The Labute approximate surface area is 183 Å². The predicted octanol–water partition coefficient (Wildman–Crippen LogP) is 3.59. The average Bonchev–Trinajstić information content (AvgIpc) is 3.34. The molecule has 1 fully saturated rings. The number of hydrogen-bond acceptors (Lipinski definition) is 7. The summed E-state index contributed by atoms with van der Waals surface area (Å²) in [4.78, 5) is 18.2. The molecule has 31 heavy (non-hydrogen) atoms. The summed E-state index contributed by atoms with van der Waals surface area (Å²) in [5.41, 5.74) is 0.346. The fourth-order valence-electron chi connectivity index (χ4n) is 3.56. The number of thiophene rings is 1. The summed E-state index contributed by atoms with van der Waals surface area (Å²) in [5.74, 6) is -0.557. The summed E-state index contributed by atoms with van der Waals surface area (Å²) in [5, 5.41) is 6.53. The number of piperidine rings is 1. The van der Waals surface area contributed by atoms with Crippen LogP contribution in [0, 0.1) is 25.6 Å². The van der Waals surface area contributed by atoms with Gasteiger partial charge < -0.3 is 9.84 Å². The number of nitrogens with one attached hydrogen (secondary N) is 1. The third-order valence-corrected chi connectivity index (χ3v) is 8.25. The summed E-state index contributed by atoms with van der Waals surface area (Å²) >= 11 is 1.28. The number of aromatic nitrogens is 2. The first-order chi connectivity index (χ1) is 14.7. The molecular weight excluding hydrogens is 443 g/mol. The zero-order valence-corrected chi connectivity index (χ0v) is 18.6. The molecule has 1 aromatic carbocycles. The molecule has 0 aliphatic carbocycles. The second-order valence-corrected chi connectivity index (χ2v) is 10.5. The number of sulfonamides is 1. The number of aryl methyl sites for hydroxylation is 2. The van der Waals surface area contributed by atoms with Crippen LogP contribution < -0.4 is 5.32 Å². The first-order valence-corrected chi connectivity index (χ1v) is 12.0. The molecule has 11 heteroatoms. The van der Waals surface area contributed by atoms with Gasteiger partial charge in [-0.2, -0.15) is 9.29 Å². The molecule has 0 spiro atoms. The van der Waals surface area contributed by atoms with Gasteiger partial charge in [-0.05, 0) is 44.0 Å². The van der Waals surface area contributed by atoms with Gasteiger partial charge in [0.1, 0.15) is 5.82 Å². The summed E-state index contributed by atoms with van der Waals surface area (Å²) in [6.07, 6.45) is 1.11. The second kappa shape index (κ2) is 8.48. The van der Waals surface area contributed by atoms with E-state index >= 15 is 0 Å². The maximum atomic E-state index is 13.4. The fraction of sp³-hybridized carbons (Fsp3) is 0.350. The molecule has 8 nitrogen and oxygen atoms in total. The highest BCUT2D eigenvalue weighted by atomic mass is 32.2. The van der Waals surface area contributed by atoms with Crippen molar-refractivity contribution >= 4 is 33.0 Å². The average molecular weight is 465 g/mol. The third-order valence-electron chi connectivity index (χ3n) is 5.09. The Morgan fingerprint density at radius 3 is 2.84 bits per heavy atom. The number of carbonyl (C=O) groups is 1. The third kappa shape index (κ3) is 4.53. The SMILES string of the molecule is Cc1nc(-c2cc(S(=O)(=O)N3CCCC(C(=O)Nc4cccc(F)c4)C3)c(C)s2)no1. The summed E-state index contributed by atoms with van der Waals surface area (Å²) in [6, 6.07) is 7.16. The highest BCUT2D eigenvalue weighted by Gasteiger charge is 2.35. The van der Waals surface area contributed by atoms with Crippen molar-refractivity contribution in [3.05, 3.63) is 46.9 Å². The number of nitrogens with zero attached hydrogens (tertiary/aromatic N) is 3. The number of anilines is 1. The Morgan fingerprint density at radius 1 is 1.32 bits per heavy atom. The molecule has 0 saturated carbocycles. The molecule has 1 amide bonds. The summed E-state index contributed by atoms with van der Waals surface area (Å²) < 4.78 is 46.3. The van der Waals surface area contributed by atoms with Crippen molar-refractivity contribution in [1.29, 1.82) is 0 Å². The minimum absolute atomic E-state index is 0.0649. The monoisotopic (exact) mass is 464 g/mol. The van der Waals surface area contributed by atoms with Crippen LogP contribution in [0.2, 0.25) is 0 Å². The lowest BCUT2D eigenvalue weighted by molar-refractivity contribution is -0.120. The van der Waals surface area contributed by atoms with Crippen molar-refractivity contribution in [3.8, 4) is 10.7 Å². The summed E-state index contributed by atoms with van der Waals surface area (Å²) in [6.45, 7) is 3.79. The second-order valence-electron chi connectivity index (χ2n) is 7.37. The van der Waals surface area contributed by atoms with Gasteiger partial charge in [0.15, 0.2) is 0 Å². The molecule has 1 atom stereocenters. The van der Waals surface area contributed by atoms with E-state index in [0.29, 0.717) is 46.5 Å². The molecule has 0 radical (unpaired) electrons. The fourth-order valence-corrected chi connectivity index (χ4v) is 6.57. The van der Waals surface area contributed by atoms with Crippen molar-refractivity contribution in [2.24, 2.45) is 5.92 Å². The van der Waals surface area contributed by atoms with E-state index in [9.17, 15) is 17.6 Å². The Balaban J connectivity index is 1.52. The van der Waals surface area contributed by atoms with E-state index in [4.69, 9.17) is 4.52 Å². The van der Waals surface area contributed by atoms with Crippen LogP contribution in [0.1, 0.15) is 23.6 Å². The molecule has 1 N–H and O–H groups in total. The van der Waals surface area contributed by atoms with E-state index in [1.54, 1.807) is 26.0 Å². The quantitative estimate of drug-likeness (QED) is 0.619. The van der Waals surface area contributed by atoms with Gasteiger partial charge in [0.2, 0.25) is 27.6 Å². The largest absolute Gasteiger partial charge is 0.339 e. The van der Waals surface area contributed by atoms with Gasteiger partial charge in [0, 0.05) is 30.6 Å². The molecule has 1 aliphatic rings. The van der Waals surface area contributed by atoms with Crippen molar-refractivity contribution in [2.45, 2.75) is 31.6 Å². The van der Waals surface area contributed by atoms with Crippen LogP contribution in [0.15, 0.2) is 39.8 Å². The maximum absolute atomic E-state index is 13.4. The molecule has 1 aliphatic heterocycles. The standard InChI is InChI=1S/C20H21FN4O4S2/c1-12-18(10-17(30-12)19-22-13(2)29-24-19)31(27,28)25-8-4-5-14(11-25)20(26)23-16-7-3-6-15(21)9-16/h3,6-7,9-10,14H,4-5,8,11H2,1-2H3,(H,23,26). The van der Waals surface area contributed by atoms with E-state index in [0.717, 1.165) is 0 Å². The van der Waals surface area contributed by atoms with Crippen molar-refractivity contribution in [2.75, 3.05) is 18.4 Å². The highest BCUT2D eigenvalue weighted by molar-refractivity contribution is 7.89. The molecule has 164 valence electrons.